The van der Waals surface area contributed by atoms with Crippen molar-refractivity contribution < 1.29 is 4.79 Å². The van der Waals surface area contributed by atoms with Gasteiger partial charge in [0, 0.05) is 31.1 Å². The molecule has 1 rings (SSSR count). The molecule has 0 spiro atoms. The van der Waals surface area contributed by atoms with Crippen LogP contribution in [-0.4, -0.2) is 35.5 Å². The Hall–Kier alpha value is -0.570. The first-order valence-corrected chi connectivity index (χ1v) is 5.60. The van der Waals surface area contributed by atoms with Crippen molar-refractivity contribution in [3.63, 3.8) is 0 Å². The summed E-state index contributed by atoms with van der Waals surface area (Å²) < 4.78 is 0. The standard InChI is InChI=1S/C11H22N2O/c1-5-10-7-12-11(14)6-9(4)13(10)8(2)3/h8-10H,5-7H2,1-4H3,(H,12,14). The lowest BCUT2D eigenvalue weighted by Crippen LogP contribution is -2.47. The van der Waals surface area contributed by atoms with Gasteiger partial charge in [0.2, 0.25) is 5.91 Å². The van der Waals surface area contributed by atoms with Gasteiger partial charge in [-0.25, -0.2) is 0 Å². The van der Waals surface area contributed by atoms with Crippen LogP contribution in [0, 0.1) is 0 Å². The zero-order chi connectivity index (χ0) is 10.7. The van der Waals surface area contributed by atoms with E-state index in [4.69, 9.17) is 0 Å². The predicted molar refractivity (Wildman–Crippen MR) is 58.1 cm³/mol. The molecule has 0 aliphatic carbocycles. The molecule has 0 aromatic carbocycles. The largest absolute Gasteiger partial charge is 0.354 e. The van der Waals surface area contributed by atoms with Crippen molar-refractivity contribution in [2.75, 3.05) is 6.54 Å². The molecule has 0 bridgehead atoms. The second-order valence-corrected chi connectivity index (χ2v) is 4.46. The molecule has 3 nitrogen and oxygen atoms in total. The minimum absolute atomic E-state index is 0.194. The number of nitrogens with zero attached hydrogens (tertiary/aromatic N) is 1. The van der Waals surface area contributed by atoms with E-state index in [9.17, 15) is 4.79 Å². The summed E-state index contributed by atoms with van der Waals surface area (Å²) in [6, 6.07) is 1.38. The molecule has 1 amide bonds. The van der Waals surface area contributed by atoms with Gasteiger partial charge in [-0.1, -0.05) is 6.92 Å². The summed E-state index contributed by atoms with van der Waals surface area (Å²) >= 11 is 0. The molecule has 14 heavy (non-hydrogen) atoms. The van der Waals surface area contributed by atoms with Crippen LogP contribution in [-0.2, 0) is 4.79 Å². The summed E-state index contributed by atoms with van der Waals surface area (Å²) in [7, 11) is 0. The first-order valence-electron chi connectivity index (χ1n) is 5.60. The van der Waals surface area contributed by atoms with Crippen LogP contribution in [0.4, 0.5) is 0 Å². The van der Waals surface area contributed by atoms with E-state index in [-0.39, 0.29) is 5.91 Å². The number of rotatable bonds is 2. The van der Waals surface area contributed by atoms with Crippen molar-refractivity contribution in [3.05, 3.63) is 0 Å². The zero-order valence-corrected chi connectivity index (χ0v) is 9.71. The Kier molecular flexibility index (Phi) is 3.93. The molecule has 0 aromatic heterocycles. The van der Waals surface area contributed by atoms with Gasteiger partial charge in [0.05, 0.1) is 0 Å². The number of hydrogen-bond donors (Lipinski definition) is 1. The summed E-state index contributed by atoms with van der Waals surface area (Å²) in [6.45, 7) is 9.54. The topological polar surface area (TPSA) is 32.3 Å². The van der Waals surface area contributed by atoms with E-state index < -0.39 is 0 Å². The lowest BCUT2D eigenvalue weighted by atomic mass is 10.1. The molecule has 0 saturated carbocycles. The first kappa shape index (κ1) is 11.5. The highest BCUT2D eigenvalue weighted by molar-refractivity contribution is 5.76. The van der Waals surface area contributed by atoms with E-state index in [0.717, 1.165) is 13.0 Å². The third kappa shape index (κ3) is 2.47. The smallest absolute Gasteiger partial charge is 0.221 e. The van der Waals surface area contributed by atoms with Crippen molar-refractivity contribution in [1.82, 2.24) is 10.2 Å². The molecule has 1 saturated heterocycles. The Bertz CT molecular complexity index is 203. The van der Waals surface area contributed by atoms with E-state index in [2.05, 4.69) is 37.9 Å². The van der Waals surface area contributed by atoms with E-state index in [1.807, 2.05) is 0 Å². The molecule has 1 fully saturated rings. The average molecular weight is 198 g/mol. The molecule has 2 atom stereocenters. The van der Waals surface area contributed by atoms with E-state index in [0.29, 0.717) is 24.5 Å². The van der Waals surface area contributed by atoms with Crippen LogP contribution in [0.5, 0.6) is 0 Å². The van der Waals surface area contributed by atoms with Gasteiger partial charge in [0.1, 0.15) is 0 Å². The second-order valence-electron chi connectivity index (χ2n) is 4.46. The van der Waals surface area contributed by atoms with Gasteiger partial charge in [-0.3, -0.25) is 9.69 Å². The van der Waals surface area contributed by atoms with Crippen molar-refractivity contribution in [2.45, 2.75) is 58.7 Å². The molecule has 1 aliphatic rings. The molecule has 82 valence electrons. The van der Waals surface area contributed by atoms with Crippen LogP contribution in [0.25, 0.3) is 0 Å². The van der Waals surface area contributed by atoms with Crippen LogP contribution in [0.15, 0.2) is 0 Å². The van der Waals surface area contributed by atoms with Crippen LogP contribution in [0.3, 0.4) is 0 Å². The minimum atomic E-state index is 0.194. The Balaban J connectivity index is 2.77. The minimum Gasteiger partial charge on any atom is -0.354 e. The molecule has 1 aliphatic heterocycles. The predicted octanol–water partition coefficient (Wildman–Crippen LogP) is 1.38. The third-order valence-electron chi connectivity index (χ3n) is 3.01. The van der Waals surface area contributed by atoms with Crippen molar-refractivity contribution in [1.29, 1.82) is 0 Å². The molecule has 1 N–H and O–H groups in total. The van der Waals surface area contributed by atoms with Gasteiger partial charge in [0.15, 0.2) is 0 Å². The zero-order valence-electron chi connectivity index (χ0n) is 9.71. The van der Waals surface area contributed by atoms with Crippen molar-refractivity contribution >= 4 is 5.91 Å². The highest BCUT2D eigenvalue weighted by Gasteiger charge is 2.29. The molecule has 0 aromatic rings. The number of carbonyl (C=O) groups excluding carboxylic acids is 1. The summed E-state index contributed by atoms with van der Waals surface area (Å²) in [5.41, 5.74) is 0. The molecule has 3 heteroatoms. The number of hydrogen-bond acceptors (Lipinski definition) is 2. The van der Waals surface area contributed by atoms with Gasteiger partial charge in [-0.15, -0.1) is 0 Å². The number of amides is 1. The van der Waals surface area contributed by atoms with Crippen LogP contribution in [0.1, 0.15) is 40.5 Å². The molecule has 2 unspecified atom stereocenters. The maximum atomic E-state index is 11.4. The van der Waals surface area contributed by atoms with Crippen LogP contribution in [0.2, 0.25) is 0 Å². The van der Waals surface area contributed by atoms with Crippen molar-refractivity contribution in [2.24, 2.45) is 0 Å². The van der Waals surface area contributed by atoms with Gasteiger partial charge >= 0.3 is 0 Å². The van der Waals surface area contributed by atoms with Gasteiger partial charge in [-0.05, 0) is 27.2 Å². The normalized spacial score (nSPS) is 30.2. The maximum absolute atomic E-state index is 11.4. The SMILES string of the molecule is CCC1CNC(=O)CC(C)N1C(C)C. The van der Waals surface area contributed by atoms with E-state index >= 15 is 0 Å². The quantitative estimate of drug-likeness (QED) is 0.727. The Morgan fingerprint density at radius 1 is 1.57 bits per heavy atom. The fraction of sp³-hybridized carbons (Fsp3) is 0.909. The van der Waals surface area contributed by atoms with Crippen molar-refractivity contribution in [3.8, 4) is 0 Å². The monoisotopic (exact) mass is 198 g/mol. The number of carbonyl (C=O) groups is 1. The van der Waals surface area contributed by atoms with Gasteiger partial charge in [0.25, 0.3) is 0 Å². The summed E-state index contributed by atoms with van der Waals surface area (Å²) in [5, 5.41) is 2.98. The third-order valence-corrected chi connectivity index (χ3v) is 3.01. The Morgan fingerprint density at radius 3 is 2.71 bits per heavy atom. The Labute approximate surface area is 86.9 Å². The van der Waals surface area contributed by atoms with Gasteiger partial charge < -0.3 is 5.32 Å². The first-order chi connectivity index (χ1) is 6.56. The number of nitrogens with one attached hydrogen (secondary N) is 1. The van der Waals surface area contributed by atoms with E-state index in [1.165, 1.54) is 0 Å². The average Bonchev–Trinajstić information content (AvgIpc) is 2.23. The van der Waals surface area contributed by atoms with Gasteiger partial charge in [-0.2, -0.15) is 0 Å². The summed E-state index contributed by atoms with van der Waals surface area (Å²) in [6.07, 6.45) is 1.73. The Morgan fingerprint density at radius 2 is 2.21 bits per heavy atom. The fourth-order valence-corrected chi connectivity index (χ4v) is 2.43. The van der Waals surface area contributed by atoms with E-state index in [1.54, 1.807) is 0 Å². The molecule has 1 heterocycles. The fourth-order valence-electron chi connectivity index (χ4n) is 2.43. The summed E-state index contributed by atoms with van der Waals surface area (Å²) in [4.78, 5) is 13.8. The lowest BCUT2D eigenvalue weighted by molar-refractivity contribution is -0.121. The van der Waals surface area contributed by atoms with Crippen LogP contribution >= 0.6 is 0 Å². The molecule has 0 radical (unpaired) electrons. The lowest BCUT2D eigenvalue weighted by Gasteiger charge is -2.36. The van der Waals surface area contributed by atoms with Crippen LogP contribution < -0.4 is 5.32 Å². The highest BCUT2D eigenvalue weighted by Crippen LogP contribution is 2.17. The highest BCUT2D eigenvalue weighted by atomic mass is 16.1. The second kappa shape index (κ2) is 4.78. The maximum Gasteiger partial charge on any atom is 0.221 e. The molecular formula is C11H22N2O. The summed E-state index contributed by atoms with van der Waals surface area (Å²) in [5.74, 6) is 0.194. The molecular weight excluding hydrogens is 176 g/mol.